The molecule has 0 aromatic rings. The Hall–Kier alpha value is -1.59. The second kappa shape index (κ2) is 43.0. The lowest BCUT2D eigenvalue weighted by Crippen LogP contribution is -2.30. The van der Waals surface area contributed by atoms with Crippen molar-refractivity contribution in [1.82, 2.24) is 0 Å². The summed E-state index contributed by atoms with van der Waals surface area (Å²) in [4.78, 5) is 37.8. The van der Waals surface area contributed by atoms with Crippen molar-refractivity contribution in [3.05, 3.63) is 0 Å². The molecule has 0 aliphatic heterocycles. The Morgan fingerprint density at radius 3 is 0.875 bits per heavy atom. The molecule has 6 heteroatoms. The minimum atomic E-state index is -0.761. The molecular weight excluding hydrogens is 697 g/mol. The average Bonchev–Trinajstić information content (AvgIpc) is 3.16. The standard InChI is InChI=1S/C50H96O6/c1-6-7-8-9-10-11-12-13-14-15-16-17-20-25-30-35-40-48(51)54-43-47(44-55-49(52)41-36-31-27-22-24-29-34-39-46(4)5)56-50(53)42-37-32-26-21-18-19-23-28-33-38-45(2)3/h45-47H,6-44H2,1-5H3/t47-/m1/s1. The van der Waals surface area contributed by atoms with Crippen molar-refractivity contribution in [2.24, 2.45) is 11.8 Å². The van der Waals surface area contributed by atoms with Crippen LogP contribution in [0.2, 0.25) is 0 Å². The highest BCUT2D eigenvalue weighted by Gasteiger charge is 2.19. The summed E-state index contributed by atoms with van der Waals surface area (Å²) in [5.74, 6) is 0.732. The zero-order valence-electron chi connectivity index (χ0n) is 38.3. The molecule has 0 bridgehead atoms. The number of esters is 3. The summed E-state index contributed by atoms with van der Waals surface area (Å²) in [7, 11) is 0. The van der Waals surface area contributed by atoms with Crippen LogP contribution in [0.1, 0.15) is 272 Å². The van der Waals surface area contributed by atoms with Crippen LogP contribution in [0.5, 0.6) is 0 Å². The molecule has 0 amide bonds. The Labute approximate surface area is 348 Å². The van der Waals surface area contributed by atoms with Gasteiger partial charge in [-0.15, -0.1) is 0 Å². The largest absolute Gasteiger partial charge is 0.462 e. The van der Waals surface area contributed by atoms with Gasteiger partial charge >= 0.3 is 17.9 Å². The van der Waals surface area contributed by atoms with Gasteiger partial charge in [0, 0.05) is 19.3 Å². The molecule has 332 valence electrons. The molecule has 0 aliphatic carbocycles. The van der Waals surface area contributed by atoms with Gasteiger partial charge in [0.25, 0.3) is 0 Å². The first-order valence-corrected chi connectivity index (χ1v) is 24.7. The number of hydrogen-bond donors (Lipinski definition) is 0. The number of hydrogen-bond acceptors (Lipinski definition) is 6. The number of ether oxygens (including phenoxy) is 3. The van der Waals surface area contributed by atoms with Crippen LogP contribution in [-0.2, 0) is 28.6 Å². The summed E-state index contributed by atoms with van der Waals surface area (Å²) in [6.07, 6.45) is 42.4. The molecule has 0 saturated carbocycles. The van der Waals surface area contributed by atoms with E-state index in [1.165, 1.54) is 161 Å². The predicted octanol–water partition coefficient (Wildman–Crippen LogP) is 15.8. The van der Waals surface area contributed by atoms with Gasteiger partial charge in [-0.3, -0.25) is 14.4 Å². The van der Waals surface area contributed by atoms with Gasteiger partial charge < -0.3 is 14.2 Å². The maximum Gasteiger partial charge on any atom is 0.306 e. The molecule has 0 heterocycles. The molecule has 0 aromatic carbocycles. The van der Waals surface area contributed by atoms with E-state index in [4.69, 9.17) is 14.2 Å². The van der Waals surface area contributed by atoms with Crippen LogP contribution >= 0.6 is 0 Å². The summed E-state index contributed by atoms with van der Waals surface area (Å²) < 4.78 is 16.8. The van der Waals surface area contributed by atoms with E-state index in [9.17, 15) is 14.4 Å². The molecule has 0 N–H and O–H groups in total. The zero-order chi connectivity index (χ0) is 41.2. The molecule has 0 spiro atoms. The first-order chi connectivity index (χ1) is 27.2. The molecule has 0 fully saturated rings. The van der Waals surface area contributed by atoms with E-state index in [1.54, 1.807) is 0 Å². The monoisotopic (exact) mass is 793 g/mol. The van der Waals surface area contributed by atoms with Crippen LogP contribution in [-0.4, -0.2) is 37.2 Å². The third kappa shape index (κ3) is 43.5. The van der Waals surface area contributed by atoms with Gasteiger partial charge in [0.1, 0.15) is 13.2 Å². The SMILES string of the molecule is CCCCCCCCCCCCCCCCCCC(=O)OC[C@H](COC(=O)CCCCCCCCCC(C)C)OC(=O)CCCCCCCCCCCC(C)C. The summed E-state index contributed by atoms with van der Waals surface area (Å²) in [6.45, 7) is 11.3. The molecule has 0 rings (SSSR count). The molecule has 1 atom stereocenters. The fourth-order valence-electron chi connectivity index (χ4n) is 7.46. The molecule has 0 saturated heterocycles. The minimum absolute atomic E-state index is 0.0648. The van der Waals surface area contributed by atoms with E-state index in [2.05, 4.69) is 34.6 Å². The fraction of sp³-hybridized carbons (Fsp3) is 0.940. The number of carbonyl (C=O) groups excluding carboxylic acids is 3. The van der Waals surface area contributed by atoms with Crippen molar-refractivity contribution < 1.29 is 28.6 Å². The van der Waals surface area contributed by atoms with Gasteiger partial charge in [-0.2, -0.15) is 0 Å². The summed E-state index contributed by atoms with van der Waals surface area (Å²) >= 11 is 0. The second-order valence-electron chi connectivity index (χ2n) is 18.1. The Morgan fingerprint density at radius 2 is 0.589 bits per heavy atom. The maximum atomic E-state index is 12.7. The highest BCUT2D eigenvalue weighted by Crippen LogP contribution is 2.17. The van der Waals surface area contributed by atoms with Gasteiger partial charge in [-0.25, -0.2) is 0 Å². The Morgan fingerprint density at radius 1 is 0.339 bits per heavy atom. The van der Waals surface area contributed by atoms with E-state index in [1.807, 2.05) is 0 Å². The van der Waals surface area contributed by atoms with Gasteiger partial charge in [-0.05, 0) is 31.1 Å². The maximum absolute atomic E-state index is 12.7. The zero-order valence-corrected chi connectivity index (χ0v) is 38.3. The normalized spacial score (nSPS) is 12.1. The van der Waals surface area contributed by atoms with Gasteiger partial charge in [0.2, 0.25) is 0 Å². The first-order valence-electron chi connectivity index (χ1n) is 24.7. The van der Waals surface area contributed by atoms with Crippen LogP contribution in [0.15, 0.2) is 0 Å². The molecule has 0 radical (unpaired) electrons. The van der Waals surface area contributed by atoms with Gasteiger partial charge in [0.05, 0.1) is 0 Å². The lowest BCUT2D eigenvalue weighted by Gasteiger charge is -2.18. The van der Waals surface area contributed by atoms with Crippen LogP contribution in [0, 0.1) is 11.8 Å². The van der Waals surface area contributed by atoms with Crippen molar-refractivity contribution in [3.8, 4) is 0 Å². The third-order valence-corrected chi connectivity index (χ3v) is 11.2. The molecule has 6 nitrogen and oxygen atoms in total. The van der Waals surface area contributed by atoms with E-state index >= 15 is 0 Å². The molecule has 56 heavy (non-hydrogen) atoms. The highest BCUT2D eigenvalue weighted by atomic mass is 16.6. The average molecular weight is 793 g/mol. The lowest BCUT2D eigenvalue weighted by molar-refractivity contribution is -0.167. The molecule has 0 unspecified atom stereocenters. The predicted molar refractivity (Wildman–Crippen MR) is 238 cm³/mol. The third-order valence-electron chi connectivity index (χ3n) is 11.2. The van der Waals surface area contributed by atoms with Crippen molar-refractivity contribution in [2.75, 3.05) is 13.2 Å². The van der Waals surface area contributed by atoms with Gasteiger partial charge in [0.15, 0.2) is 6.10 Å². The molecule has 0 aromatic heterocycles. The number of rotatable bonds is 44. The summed E-state index contributed by atoms with van der Waals surface area (Å²) in [5, 5.41) is 0. The topological polar surface area (TPSA) is 78.9 Å². The van der Waals surface area contributed by atoms with Crippen molar-refractivity contribution >= 4 is 17.9 Å². The summed E-state index contributed by atoms with van der Waals surface area (Å²) in [5.41, 5.74) is 0. The Bertz CT molecular complexity index is 854. The quantitative estimate of drug-likeness (QED) is 0.0347. The number of unbranched alkanes of at least 4 members (excludes halogenated alkanes) is 29. The van der Waals surface area contributed by atoms with Crippen LogP contribution in [0.4, 0.5) is 0 Å². The van der Waals surface area contributed by atoms with E-state index in [-0.39, 0.29) is 31.1 Å². The van der Waals surface area contributed by atoms with Gasteiger partial charge in [-0.1, -0.05) is 234 Å². The number of carbonyl (C=O) groups is 3. The van der Waals surface area contributed by atoms with Crippen LogP contribution in [0.25, 0.3) is 0 Å². The molecular formula is C50H96O6. The van der Waals surface area contributed by atoms with Crippen molar-refractivity contribution in [2.45, 2.75) is 278 Å². The first kappa shape index (κ1) is 54.4. The minimum Gasteiger partial charge on any atom is -0.462 e. The smallest absolute Gasteiger partial charge is 0.306 e. The highest BCUT2D eigenvalue weighted by molar-refractivity contribution is 5.71. The Kier molecular flexibility index (Phi) is 41.8. The second-order valence-corrected chi connectivity index (χ2v) is 18.1. The van der Waals surface area contributed by atoms with Crippen molar-refractivity contribution in [3.63, 3.8) is 0 Å². The summed E-state index contributed by atoms with van der Waals surface area (Å²) in [6, 6.07) is 0. The van der Waals surface area contributed by atoms with Crippen LogP contribution < -0.4 is 0 Å². The van der Waals surface area contributed by atoms with Crippen LogP contribution in [0.3, 0.4) is 0 Å². The van der Waals surface area contributed by atoms with E-state index in [0.29, 0.717) is 19.3 Å². The van der Waals surface area contributed by atoms with E-state index in [0.717, 1.165) is 69.6 Å². The van der Waals surface area contributed by atoms with Crippen molar-refractivity contribution in [1.29, 1.82) is 0 Å². The fourth-order valence-corrected chi connectivity index (χ4v) is 7.46. The van der Waals surface area contributed by atoms with E-state index < -0.39 is 6.10 Å². The lowest BCUT2D eigenvalue weighted by atomic mass is 10.0. The molecule has 0 aliphatic rings. The Balaban J connectivity index is 4.29.